The first kappa shape index (κ1) is 22.9. The van der Waals surface area contributed by atoms with Crippen LogP contribution in [0.2, 0.25) is 0 Å². The summed E-state index contributed by atoms with van der Waals surface area (Å²) >= 11 is 0. The molecule has 0 spiro atoms. The number of aryl methyl sites for hydroxylation is 2. The summed E-state index contributed by atoms with van der Waals surface area (Å²) in [6.45, 7) is 3.63. The van der Waals surface area contributed by atoms with Gasteiger partial charge in [0.2, 0.25) is 5.91 Å². The van der Waals surface area contributed by atoms with E-state index in [1.165, 1.54) is 17.0 Å². The number of hydrogen-bond acceptors (Lipinski definition) is 6. The zero-order valence-corrected chi connectivity index (χ0v) is 19.2. The van der Waals surface area contributed by atoms with E-state index in [2.05, 4.69) is 15.3 Å². The molecule has 9 nitrogen and oxygen atoms in total. The third-order valence-corrected chi connectivity index (χ3v) is 5.65. The third-order valence-electron chi connectivity index (χ3n) is 5.65. The van der Waals surface area contributed by atoms with Crippen LogP contribution in [0.5, 0.6) is 5.75 Å². The molecular weight excluding hydrogens is 434 g/mol. The summed E-state index contributed by atoms with van der Waals surface area (Å²) in [7, 11) is 1.56. The van der Waals surface area contributed by atoms with Crippen LogP contribution < -0.4 is 21.3 Å². The number of rotatable bonds is 7. The van der Waals surface area contributed by atoms with Crippen molar-refractivity contribution in [1.82, 2.24) is 19.1 Å². The SMILES string of the molecule is CCc1cccc(C)c1NC(=O)Cn1c(=O)n(Cc2ccc(OC)cc2)c(=O)c2nccnc21. The number of para-hydroxylation sites is 1. The predicted molar refractivity (Wildman–Crippen MR) is 129 cm³/mol. The zero-order chi connectivity index (χ0) is 24.2. The first-order chi connectivity index (χ1) is 16.4. The lowest BCUT2D eigenvalue weighted by Gasteiger charge is -2.15. The molecule has 0 aliphatic heterocycles. The van der Waals surface area contributed by atoms with Crippen molar-refractivity contribution in [3.63, 3.8) is 0 Å². The molecule has 174 valence electrons. The van der Waals surface area contributed by atoms with Crippen molar-refractivity contribution in [1.29, 1.82) is 0 Å². The smallest absolute Gasteiger partial charge is 0.333 e. The van der Waals surface area contributed by atoms with Crippen LogP contribution in [-0.2, 0) is 24.3 Å². The van der Waals surface area contributed by atoms with Crippen LogP contribution in [-0.4, -0.2) is 32.1 Å². The maximum atomic E-state index is 13.4. The van der Waals surface area contributed by atoms with E-state index in [1.54, 1.807) is 31.4 Å². The fraction of sp³-hybridized carbons (Fsp3) is 0.240. The van der Waals surface area contributed by atoms with Gasteiger partial charge in [-0.05, 0) is 42.2 Å². The Balaban J connectivity index is 1.74. The minimum Gasteiger partial charge on any atom is -0.497 e. The van der Waals surface area contributed by atoms with Gasteiger partial charge >= 0.3 is 5.69 Å². The maximum absolute atomic E-state index is 13.4. The van der Waals surface area contributed by atoms with Crippen LogP contribution in [0, 0.1) is 6.92 Å². The maximum Gasteiger partial charge on any atom is 0.333 e. The largest absolute Gasteiger partial charge is 0.497 e. The molecule has 2 aromatic carbocycles. The average molecular weight is 460 g/mol. The summed E-state index contributed by atoms with van der Waals surface area (Å²) in [6, 6.07) is 12.8. The Morgan fingerprint density at radius 2 is 1.76 bits per heavy atom. The summed E-state index contributed by atoms with van der Waals surface area (Å²) in [6.07, 6.45) is 3.52. The van der Waals surface area contributed by atoms with Gasteiger partial charge < -0.3 is 10.1 Å². The highest BCUT2D eigenvalue weighted by Crippen LogP contribution is 2.21. The average Bonchev–Trinajstić information content (AvgIpc) is 2.86. The van der Waals surface area contributed by atoms with E-state index < -0.39 is 17.2 Å². The topological polar surface area (TPSA) is 108 Å². The number of ether oxygens (including phenoxy) is 1. The number of carbonyl (C=O) groups excluding carboxylic acids is 1. The molecule has 0 saturated heterocycles. The standard InChI is InChI=1S/C25H25N5O4/c1-4-18-7-5-6-16(2)21(18)28-20(31)15-29-23-22(26-12-13-27-23)24(32)30(25(29)33)14-17-8-10-19(34-3)11-9-17/h5-13H,4,14-15H2,1-3H3,(H,28,31). The quantitative estimate of drug-likeness (QED) is 0.455. The van der Waals surface area contributed by atoms with Crippen LogP contribution in [0.1, 0.15) is 23.6 Å². The van der Waals surface area contributed by atoms with Crippen molar-refractivity contribution in [2.75, 3.05) is 12.4 Å². The molecule has 4 aromatic rings. The van der Waals surface area contributed by atoms with E-state index in [0.29, 0.717) is 5.75 Å². The van der Waals surface area contributed by atoms with Gasteiger partial charge in [0.15, 0.2) is 11.2 Å². The second-order valence-corrected chi connectivity index (χ2v) is 7.85. The lowest BCUT2D eigenvalue weighted by Crippen LogP contribution is -2.42. The van der Waals surface area contributed by atoms with Gasteiger partial charge in [0.25, 0.3) is 5.56 Å². The molecule has 9 heteroatoms. The molecule has 0 aliphatic carbocycles. The summed E-state index contributed by atoms with van der Waals surface area (Å²) in [5.74, 6) is 0.268. The number of amides is 1. The van der Waals surface area contributed by atoms with Gasteiger partial charge in [-0.3, -0.25) is 18.7 Å². The highest BCUT2D eigenvalue weighted by molar-refractivity contribution is 5.92. The fourth-order valence-electron chi connectivity index (χ4n) is 3.85. The van der Waals surface area contributed by atoms with Gasteiger partial charge in [-0.15, -0.1) is 0 Å². The monoisotopic (exact) mass is 459 g/mol. The number of carbonyl (C=O) groups is 1. The van der Waals surface area contributed by atoms with Crippen molar-refractivity contribution >= 4 is 22.8 Å². The molecule has 34 heavy (non-hydrogen) atoms. The summed E-state index contributed by atoms with van der Waals surface area (Å²) in [5, 5.41) is 2.92. The number of nitrogens with zero attached hydrogens (tertiary/aromatic N) is 4. The van der Waals surface area contributed by atoms with Crippen molar-refractivity contribution in [2.45, 2.75) is 33.4 Å². The molecule has 0 bridgehead atoms. The van der Waals surface area contributed by atoms with Gasteiger partial charge in [0.05, 0.1) is 13.7 Å². The van der Waals surface area contributed by atoms with Crippen LogP contribution in [0.25, 0.3) is 11.2 Å². The molecular formula is C25H25N5O4. The number of methoxy groups -OCH3 is 1. The van der Waals surface area contributed by atoms with E-state index in [1.807, 2.05) is 32.0 Å². The van der Waals surface area contributed by atoms with Crippen molar-refractivity contribution < 1.29 is 9.53 Å². The predicted octanol–water partition coefficient (Wildman–Crippen LogP) is 2.52. The van der Waals surface area contributed by atoms with E-state index in [-0.39, 0.29) is 24.3 Å². The minimum atomic E-state index is -0.635. The first-order valence-electron chi connectivity index (χ1n) is 10.9. The van der Waals surface area contributed by atoms with Crippen LogP contribution >= 0.6 is 0 Å². The van der Waals surface area contributed by atoms with Gasteiger partial charge in [-0.1, -0.05) is 37.3 Å². The number of nitrogens with one attached hydrogen (secondary N) is 1. The van der Waals surface area contributed by atoms with Gasteiger partial charge in [0.1, 0.15) is 12.3 Å². The van der Waals surface area contributed by atoms with E-state index in [9.17, 15) is 14.4 Å². The van der Waals surface area contributed by atoms with E-state index in [0.717, 1.165) is 33.4 Å². The van der Waals surface area contributed by atoms with Crippen molar-refractivity contribution in [3.8, 4) is 5.75 Å². The van der Waals surface area contributed by atoms with Crippen LogP contribution in [0.3, 0.4) is 0 Å². The Morgan fingerprint density at radius 3 is 2.47 bits per heavy atom. The van der Waals surface area contributed by atoms with Gasteiger partial charge in [-0.25, -0.2) is 14.8 Å². The zero-order valence-electron chi connectivity index (χ0n) is 19.2. The van der Waals surface area contributed by atoms with Gasteiger partial charge in [0, 0.05) is 18.1 Å². The third kappa shape index (κ3) is 4.45. The number of aromatic nitrogens is 4. The summed E-state index contributed by atoms with van der Waals surface area (Å²) in [5.41, 5.74) is 2.27. The Morgan fingerprint density at radius 1 is 1.03 bits per heavy atom. The molecule has 2 aromatic heterocycles. The molecule has 0 radical (unpaired) electrons. The molecule has 0 saturated carbocycles. The fourth-order valence-corrected chi connectivity index (χ4v) is 3.85. The Labute approximate surface area is 195 Å². The summed E-state index contributed by atoms with van der Waals surface area (Å²) < 4.78 is 7.42. The molecule has 2 heterocycles. The van der Waals surface area contributed by atoms with E-state index in [4.69, 9.17) is 4.74 Å². The lowest BCUT2D eigenvalue weighted by atomic mass is 10.1. The minimum absolute atomic E-state index is 0.0214. The molecule has 0 fully saturated rings. The Bertz CT molecular complexity index is 1470. The first-order valence-corrected chi connectivity index (χ1v) is 10.9. The molecule has 0 unspecified atom stereocenters. The summed E-state index contributed by atoms with van der Waals surface area (Å²) in [4.78, 5) is 47.7. The Hall–Kier alpha value is -4.27. The number of benzene rings is 2. The highest BCUT2D eigenvalue weighted by atomic mass is 16.5. The second-order valence-electron chi connectivity index (χ2n) is 7.85. The van der Waals surface area contributed by atoms with Gasteiger partial charge in [-0.2, -0.15) is 0 Å². The van der Waals surface area contributed by atoms with E-state index >= 15 is 0 Å². The normalized spacial score (nSPS) is 10.9. The van der Waals surface area contributed by atoms with Crippen LogP contribution in [0.4, 0.5) is 5.69 Å². The number of fused-ring (bicyclic) bond motifs is 1. The molecule has 1 N–H and O–H groups in total. The van der Waals surface area contributed by atoms with Crippen molar-refractivity contribution in [2.24, 2.45) is 0 Å². The highest BCUT2D eigenvalue weighted by Gasteiger charge is 2.18. The lowest BCUT2D eigenvalue weighted by molar-refractivity contribution is -0.116. The van der Waals surface area contributed by atoms with Crippen molar-refractivity contribution in [3.05, 3.63) is 92.4 Å². The van der Waals surface area contributed by atoms with Crippen LogP contribution in [0.15, 0.2) is 64.4 Å². The second kappa shape index (κ2) is 9.70. The molecule has 1 amide bonds. The Kier molecular flexibility index (Phi) is 6.53. The molecule has 0 aliphatic rings. The number of hydrogen-bond donors (Lipinski definition) is 1. The molecule has 4 rings (SSSR count). The number of anilines is 1. The molecule has 0 atom stereocenters.